The van der Waals surface area contributed by atoms with Crippen LogP contribution in [0.25, 0.3) is 17.1 Å². The summed E-state index contributed by atoms with van der Waals surface area (Å²) in [6.45, 7) is 5.57. The summed E-state index contributed by atoms with van der Waals surface area (Å²) in [6, 6.07) is 1.98. The van der Waals surface area contributed by atoms with Gasteiger partial charge in [0.25, 0.3) is 0 Å². The third-order valence-corrected chi connectivity index (χ3v) is 3.83. The van der Waals surface area contributed by atoms with Crippen molar-refractivity contribution in [2.45, 2.75) is 39.2 Å². The Morgan fingerprint density at radius 1 is 1.45 bits per heavy atom. The van der Waals surface area contributed by atoms with Crippen LogP contribution in [0.4, 0.5) is 4.79 Å². The molecule has 2 aromatic rings. The minimum Gasteiger partial charge on any atom is -0.443 e. The molecule has 0 unspecified atom stereocenters. The Kier molecular flexibility index (Phi) is 3.85. The maximum Gasteiger partial charge on any atom is 0.420 e. The first-order valence-electron chi connectivity index (χ1n) is 7.42. The van der Waals surface area contributed by atoms with Crippen molar-refractivity contribution in [2.75, 3.05) is 0 Å². The summed E-state index contributed by atoms with van der Waals surface area (Å²) in [5.41, 5.74) is 1.07. The highest BCUT2D eigenvalue weighted by Crippen LogP contribution is 2.32. The second kappa shape index (κ2) is 5.54. The van der Waals surface area contributed by atoms with Gasteiger partial charge in [0, 0.05) is 27.8 Å². The second-order valence-electron chi connectivity index (χ2n) is 6.66. The Morgan fingerprint density at radius 3 is 2.82 bits per heavy atom. The molecule has 2 heterocycles. The number of nitrogens with zero attached hydrogens (tertiary/aromatic N) is 2. The number of allylic oxidation sites excluding steroid dienone is 1. The highest BCUT2D eigenvalue weighted by Gasteiger charge is 2.22. The fourth-order valence-corrected chi connectivity index (χ4v) is 2.55. The van der Waals surface area contributed by atoms with Crippen LogP contribution in [0.15, 0.2) is 29.0 Å². The van der Waals surface area contributed by atoms with Gasteiger partial charge in [-0.1, -0.05) is 12.2 Å². The van der Waals surface area contributed by atoms with Crippen molar-refractivity contribution in [1.29, 1.82) is 0 Å². The molecule has 0 spiro atoms. The number of hydrogen-bond donors (Lipinski definition) is 0. The maximum absolute atomic E-state index is 12.4. The van der Waals surface area contributed by atoms with E-state index in [0.717, 1.165) is 15.4 Å². The van der Waals surface area contributed by atoms with Gasteiger partial charge in [0.05, 0.1) is 0 Å². The monoisotopic (exact) mass is 362 g/mol. The van der Waals surface area contributed by atoms with Crippen molar-refractivity contribution in [3.8, 4) is 0 Å². The summed E-state index contributed by atoms with van der Waals surface area (Å²) >= 11 is 3.44. The smallest absolute Gasteiger partial charge is 0.420 e. The number of rotatable bonds is 2. The lowest BCUT2D eigenvalue weighted by Gasteiger charge is -2.19. The molecule has 0 N–H and O–H groups in total. The van der Waals surface area contributed by atoms with Crippen molar-refractivity contribution in [2.24, 2.45) is 5.92 Å². The summed E-state index contributed by atoms with van der Waals surface area (Å²) < 4.78 is 7.84. The Hall–Kier alpha value is -1.62. The highest BCUT2D eigenvalue weighted by atomic mass is 79.9. The minimum atomic E-state index is -0.535. The average molecular weight is 363 g/mol. The molecule has 5 heteroatoms. The Morgan fingerprint density at radius 2 is 2.18 bits per heavy atom. The predicted octanol–water partition coefficient (Wildman–Crippen LogP) is 5.01. The molecule has 0 aliphatic heterocycles. The molecule has 2 aromatic heterocycles. The first-order chi connectivity index (χ1) is 10.3. The number of carbonyl (C=O) groups excluding carboxylic acids is 1. The van der Waals surface area contributed by atoms with E-state index < -0.39 is 11.7 Å². The van der Waals surface area contributed by atoms with Gasteiger partial charge in [-0.3, -0.25) is 0 Å². The van der Waals surface area contributed by atoms with Gasteiger partial charge in [0.1, 0.15) is 11.2 Å². The van der Waals surface area contributed by atoms with Crippen LogP contribution in [0.5, 0.6) is 0 Å². The lowest BCUT2D eigenvalue weighted by molar-refractivity contribution is 0.0543. The summed E-state index contributed by atoms with van der Waals surface area (Å²) in [6.07, 6.45) is 9.88. The summed E-state index contributed by atoms with van der Waals surface area (Å²) in [5, 5.41) is 0.942. The molecular weight excluding hydrogens is 344 g/mol. The lowest BCUT2D eigenvalue weighted by Crippen LogP contribution is -2.26. The molecule has 0 saturated heterocycles. The molecule has 1 aliphatic carbocycles. The van der Waals surface area contributed by atoms with E-state index in [0.29, 0.717) is 11.6 Å². The number of pyridine rings is 1. The average Bonchev–Trinajstić information content (AvgIpc) is 3.16. The Balaban J connectivity index is 2.04. The van der Waals surface area contributed by atoms with Crippen molar-refractivity contribution >= 4 is 39.1 Å². The molecule has 0 aromatic carbocycles. The van der Waals surface area contributed by atoms with Gasteiger partial charge < -0.3 is 4.74 Å². The quantitative estimate of drug-likeness (QED) is 0.754. The summed E-state index contributed by atoms with van der Waals surface area (Å²) in [5.74, 6) is 0.681. The van der Waals surface area contributed by atoms with E-state index in [4.69, 9.17) is 4.74 Å². The standard InChI is InChI=1S/C17H19BrN2O2/c1-17(2,3)22-16(21)20-10-12(7-6-11-4-5-11)14-8-13(18)9-19-15(14)20/h6-11H,4-5H2,1-3H3/b7-6+. The molecular formula is C17H19BrN2O2. The lowest BCUT2D eigenvalue weighted by atomic mass is 10.2. The summed E-state index contributed by atoms with van der Waals surface area (Å²) in [7, 11) is 0. The molecule has 0 amide bonds. The van der Waals surface area contributed by atoms with Crippen molar-refractivity contribution in [3.63, 3.8) is 0 Å². The normalized spacial score (nSPS) is 15.6. The van der Waals surface area contributed by atoms with Gasteiger partial charge >= 0.3 is 6.09 Å². The number of carbonyl (C=O) groups is 1. The predicted molar refractivity (Wildman–Crippen MR) is 90.8 cm³/mol. The zero-order valence-electron chi connectivity index (χ0n) is 13.0. The fourth-order valence-electron chi connectivity index (χ4n) is 2.22. The van der Waals surface area contributed by atoms with Crippen LogP contribution < -0.4 is 0 Å². The third-order valence-electron chi connectivity index (χ3n) is 3.40. The number of halogens is 1. The first-order valence-corrected chi connectivity index (χ1v) is 8.21. The van der Waals surface area contributed by atoms with Crippen LogP contribution in [0.2, 0.25) is 0 Å². The highest BCUT2D eigenvalue weighted by molar-refractivity contribution is 9.10. The van der Waals surface area contributed by atoms with E-state index in [2.05, 4.69) is 33.1 Å². The van der Waals surface area contributed by atoms with Gasteiger partial charge in [0.2, 0.25) is 0 Å². The second-order valence-corrected chi connectivity index (χ2v) is 7.57. The van der Waals surface area contributed by atoms with E-state index in [9.17, 15) is 4.79 Å². The summed E-state index contributed by atoms with van der Waals surface area (Å²) in [4.78, 5) is 16.8. The molecule has 4 nitrogen and oxygen atoms in total. The van der Waals surface area contributed by atoms with Crippen molar-refractivity contribution in [1.82, 2.24) is 9.55 Å². The molecule has 1 aliphatic rings. The van der Waals surface area contributed by atoms with Crippen molar-refractivity contribution < 1.29 is 9.53 Å². The largest absolute Gasteiger partial charge is 0.443 e. The van der Waals surface area contributed by atoms with Gasteiger partial charge in [-0.25, -0.2) is 14.3 Å². The van der Waals surface area contributed by atoms with Gasteiger partial charge in [-0.2, -0.15) is 0 Å². The first kappa shape index (κ1) is 15.3. The molecule has 22 heavy (non-hydrogen) atoms. The van der Waals surface area contributed by atoms with E-state index >= 15 is 0 Å². The van der Waals surface area contributed by atoms with E-state index in [1.165, 1.54) is 17.4 Å². The molecule has 116 valence electrons. The number of fused-ring (bicyclic) bond motifs is 1. The molecule has 0 atom stereocenters. The molecule has 0 radical (unpaired) electrons. The van der Waals surface area contributed by atoms with Gasteiger partial charge in [-0.15, -0.1) is 0 Å². The van der Waals surface area contributed by atoms with Crippen LogP contribution in [0.3, 0.4) is 0 Å². The van der Waals surface area contributed by atoms with Gasteiger partial charge in [-0.05, 0) is 61.5 Å². The van der Waals surface area contributed by atoms with E-state index in [1.807, 2.05) is 26.8 Å². The fraction of sp³-hybridized carbons (Fsp3) is 0.412. The number of hydrogen-bond acceptors (Lipinski definition) is 3. The zero-order valence-corrected chi connectivity index (χ0v) is 14.6. The SMILES string of the molecule is CC(C)(C)OC(=O)n1cc(/C=C/C2CC2)c2cc(Br)cnc21. The molecule has 1 saturated carbocycles. The number of ether oxygens (including phenoxy) is 1. The Labute approximate surface area is 138 Å². The van der Waals surface area contributed by atoms with Crippen LogP contribution in [0, 0.1) is 5.92 Å². The van der Waals surface area contributed by atoms with E-state index in [1.54, 1.807) is 12.4 Å². The maximum atomic E-state index is 12.4. The van der Waals surface area contributed by atoms with Crippen LogP contribution in [0.1, 0.15) is 39.2 Å². The minimum absolute atomic E-state index is 0.404. The topological polar surface area (TPSA) is 44.1 Å². The Bertz CT molecular complexity index is 752. The van der Waals surface area contributed by atoms with E-state index in [-0.39, 0.29) is 0 Å². The zero-order chi connectivity index (χ0) is 15.9. The molecule has 0 bridgehead atoms. The number of aromatic nitrogens is 2. The van der Waals surface area contributed by atoms with Gasteiger partial charge in [0.15, 0.2) is 0 Å². The molecule has 1 fully saturated rings. The van der Waals surface area contributed by atoms with Crippen LogP contribution in [-0.4, -0.2) is 21.2 Å². The third kappa shape index (κ3) is 3.40. The molecule has 3 rings (SSSR count). The van der Waals surface area contributed by atoms with Crippen LogP contribution in [-0.2, 0) is 4.74 Å². The van der Waals surface area contributed by atoms with Crippen molar-refractivity contribution in [3.05, 3.63) is 34.6 Å². The van der Waals surface area contributed by atoms with Crippen LogP contribution >= 0.6 is 15.9 Å².